The van der Waals surface area contributed by atoms with E-state index in [2.05, 4.69) is 10.3 Å². The van der Waals surface area contributed by atoms with Gasteiger partial charge in [-0.25, -0.2) is 0 Å². The third kappa shape index (κ3) is 2.04. The van der Waals surface area contributed by atoms with Crippen LogP contribution in [0.2, 0.25) is 5.02 Å². The molecule has 4 heteroatoms. The van der Waals surface area contributed by atoms with E-state index in [-0.39, 0.29) is 5.78 Å². The van der Waals surface area contributed by atoms with Gasteiger partial charge in [0, 0.05) is 28.2 Å². The average molecular weight is 263 g/mol. The van der Waals surface area contributed by atoms with Crippen LogP contribution in [0.25, 0.3) is 10.9 Å². The first-order valence-corrected chi connectivity index (χ1v) is 6.57. The highest BCUT2D eigenvalue weighted by molar-refractivity contribution is 6.32. The van der Waals surface area contributed by atoms with E-state index in [1.807, 2.05) is 19.1 Å². The number of ketones is 1. The number of aromatic nitrogens is 1. The monoisotopic (exact) mass is 262 g/mol. The lowest BCUT2D eigenvalue weighted by Crippen LogP contribution is -2.24. The molecule has 0 radical (unpaired) electrons. The highest BCUT2D eigenvalue weighted by Gasteiger charge is 2.22. The second kappa shape index (κ2) is 4.41. The number of carbonyl (C=O) groups is 1. The minimum Gasteiger partial charge on any atom is -0.360 e. The Morgan fingerprint density at radius 2 is 2.28 bits per heavy atom. The van der Waals surface area contributed by atoms with Crippen molar-refractivity contribution in [3.8, 4) is 0 Å². The SMILES string of the molecule is Cc1c(Cl)ccc2c(C(=O)CNC3CC3)c[nH]c12. The molecule has 1 saturated carbocycles. The number of Topliss-reactive ketones (excluding diaryl/α,β-unsaturated/α-hetero) is 1. The Morgan fingerprint density at radius 1 is 1.50 bits per heavy atom. The van der Waals surface area contributed by atoms with Gasteiger partial charge in [0.1, 0.15) is 0 Å². The molecule has 1 fully saturated rings. The number of aromatic amines is 1. The van der Waals surface area contributed by atoms with Gasteiger partial charge in [0.05, 0.1) is 12.1 Å². The molecule has 3 rings (SSSR count). The van der Waals surface area contributed by atoms with Crippen molar-refractivity contribution in [2.45, 2.75) is 25.8 Å². The number of nitrogens with one attached hydrogen (secondary N) is 2. The van der Waals surface area contributed by atoms with Crippen molar-refractivity contribution in [3.05, 3.63) is 34.5 Å². The maximum atomic E-state index is 12.1. The fourth-order valence-electron chi connectivity index (χ4n) is 2.17. The summed E-state index contributed by atoms with van der Waals surface area (Å²) in [5.41, 5.74) is 2.69. The fourth-order valence-corrected chi connectivity index (χ4v) is 2.33. The normalized spacial score (nSPS) is 15.2. The van der Waals surface area contributed by atoms with Gasteiger partial charge in [-0.1, -0.05) is 17.7 Å². The quantitative estimate of drug-likeness (QED) is 0.832. The van der Waals surface area contributed by atoms with Crippen LogP contribution in [0.15, 0.2) is 18.3 Å². The van der Waals surface area contributed by atoms with Crippen molar-refractivity contribution in [1.29, 1.82) is 0 Å². The van der Waals surface area contributed by atoms with Crippen LogP contribution in [0, 0.1) is 6.92 Å². The maximum absolute atomic E-state index is 12.1. The molecule has 94 valence electrons. The molecular formula is C14H15ClN2O. The van der Waals surface area contributed by atoms with Crippen LogP contribution >= 0.6 is 11.6 Å². The molecule has 0 bridgehead atoms. The van der Waals surface area contributed by atoms with E-state index in [9.17, 15) is 4.79 Å². The topological polar surface area (TPSA) is 44.9 Å². The molecule has 1 aliphatic rings. The number of fused-ring (bicyclic) bond motifs is 1. The molecule has 2 N–H and O–H groups in total. The van der Waals surface area contributed by atoms with Crippen LogP contribution in [-0.4, -0.2) is 23.4 Å². The van der Waals surface area contributed by atoms with Crippen molar-refractivity contribution >= 4 is 28.3 Å². The third-order valence-corrected chi connectivity index (χ3v) is 3.89. The van der Waals surface area contributed by atoms with Crippen LogP contribution in [0.5, 0.6) is 0 Å². The van der Waals surface area contributed by atoms with Gasteiger partial charge in [-0.3, -0.25) is 4.79 Å². The summed E-state index contributed by atoms with van der Waals surface area (Å²) < 4.78 is 0. The molecule has 3 nitrogen and oxygen atoms in total. The smallest absolute Gasteiger partial charge is 0.178 e. The Morgan fingerprint density at radius 3 is 3.00 bits per heavy atom. The van der Waals surface area contributed by atoms with E-state index in [1.54, 1.807) is 6.20 Å². The molecule has 0 saturated heterocycles. The van der Waals surface area contributed by atoms with Crippen molar-refractivity contribution in [3.63, 3.8) is 0 Å². The lowest BCUT2D eigenvalue weighted by atomic mass is 10.1. The second-order valence-electron chi connectivity index (χ2n) is 4.88. The Bertz CT molecular complexity index is 614. The molecular weight excluding hydrogens is 248 g/mol. The molecule has 0 aliphatic heterocycles. The summed E-state index contributed by atoms with van der Waals surface area (Å²) in [4.78, 5) is 15.3. The average Bonchev–Trinajstić information content (AvgIpc) is 3.09. The van der Waals surface area contributed by atoms with Gasteiger partial charge in [0.15, 0.2) is 5.78 Å². The summed E-state index contributed by atoms with van der Waals surface area (Å²) in [6, 6.07) is 4.30. The lowest BCUT2D eigenvalue weighted by Gasteiger charge is -2.02. The Labute approximate surface area is 111 Å². The summed E-state index contributed by atoms with van der Waals surface area (Å²) in [6.07, 6.45) is 4.16. The number of aryl methyl sites for hydroxylation is 1. The molecule has 1 heterocycles. The van der Waals surface area contributed by atoms with E-state index in [4.69, 9.17) is 11.6 Å². The van der Waals surface area contributed by atoms with Crippen LogP contribution < -0.4 is 5.32 Å². The van der Waals surface area contributed by atoms with Gasteiger partial charge in [-0.05, 0) is 31.4 Å². The fraction of sp³-hybridized carbons (Fsp3) is 0.357. The second-order valence-corrected chi connectivity index (χ2v) is 5.28. The zero-order valence-electron chi connectivity index (χ0n) is 10.2. The molecule has 0 atom stereocenters. The van der Waals surface area contributed by atoms with E-state index >= 15 is 0 Å². The standard InChI is InChI=1S/C14H15ClN2O/c1-8-12(15)5-4-10-11(6-17-14(8)10)13(18)7-16-9-2-3-9/h4-6,9,16-17H,2-3,7H2,1H3. The van der Waals surface area contributed by atoms with Crippen molar-refractivity contribution in [2.24, 2.45) is 0 Å². The van der Waals surface area contributed by atoms with Crippen LogP contribution in [0.4, 0.5) is 0 Å². The molecule has 0 amide bonds. The first-order valence-electron chi connectivity index (χ1n) is 6.19. The molecule has 2 aromatic rings. The van der Waals surface area contributed by atoms with Crippen molar-refractivity contribution in [2.75, 3.05) is 6.54 Å². The maximum Gasteiger partial charge on any atom is 0.178 e. The number of halogens is 1. The van der Waals surface area contributed by atoms with Gasteiger partial charge in [0.25, 0.3) is 0 Å². The lowest BCUT2D eigenvalue weighted by molar-refractivity contribution is 0.0992. The first-order chi connectivity index (χ1) is 8.66. The predicted octanol–water partition coefficient (Wildman–Crippen LogP) is 3.06. The van der Waals surface area contributed by atoms with Crippen LogP contribution in [0.3, 0.4) is 0 Å². The van der Waals surface area contributed by atoms with E-state index in [0.717, 1.165) is 27.1 Å². The van der Waals surface area contributed by atoms with Gasteiger partial charge in [-0.15, -0.1) is 0 Å². The van der Waals surface area contributed by atoms with Crippen LogP contribution in [-0.2, 0) is 0 Å². The van der Waals surface area contributed by atoms with E-state index in [1.165, 1.54) is 12.8 Å². The van der Waals surface area contributed by atoms with Gasteiger partial charge < -0.3 is 10.3 Å². The number of rotatable bonds is 4. The predicted molar refractivity (Wildman–Crippen MR) is 73.4 cm³/mol. The highest BCUT2D eigenvalue weighted by Crippen LogP contribution is 2.27. The minimum atomic E-state index is 0.134. The minimum absolute atomic E-state index is 0.134. The summed E-state index contributed by atoms with van der Waals surface area (Å²) in [5, 5.41) is 4.93. The first kappa shape index (κ1) is 11.8. The molecule has 18 heavy (non-hydrogen) atoms. The third-order valence-electron chi connectivity index (χ3n) is 3.48. The summed E-state index contributed by atoms with van der Waals surface area (Å²) >= 11 is 6.07. The van der Waals surface area contributed by atoms with E-state index in [0.29, 0.717) is 12.6 Å². The van der Waals surface area contributed by atoms with Crippen molar-refractivity contribution in [1.82, 2.24) is 10.3 Å². The number of carbonyl (C=O) groups excluding carboxylic acids is 1. The van der Waals surface area contributed by atoms with E-state index < -0.39 is 0 Å². The summed E-state index contributed by atoms with van der Waals surface area (Å²) in [6.45, 7) is 2.37. The molecule has 1 aliphatic carbocycles. The number of benzene rings is 1. The summed E-state index contributed by atoms with van der Waals surface area (Å²) in [7, 11) is 0. The van der Waals surface area contributed by atoms with Gasteiger partial charge in [-0.2, -0.15) is 0 Å². The Balaban J connectivity index is 1.91. The zero-order valence-corrected chi connectivity index (χ0v) is 11.0. The Kier molecular flexibility index (Phi) is 2.88. The number of hydrogen-bond acceptors (Lipinski definition) is 2. The molecule has 1 aromatic heterocycles. The molecule has 1 aromatic carbocycles. The zero-order chi connectivity index (χ0) is 12.7. The van der Waals surface area contributed by atoms with Crippen molar-refractivity contribution < 1.29 is 4.79 Å². The number of hydrogen-bond donors (Lipinski definition) is 2. The number of H-pyrrole nitrogens is 1. The largest absolute Gasteiger partial charge is 0.360 e. The molecule has 0 unspecified atom stereocenters. The highest BCUT2D eigenvalue weighted by atomic mass is 35.5. The van der Waals surface area contributed by atoms with Crippen LogP contribution in [0.1, 0.15) is 28.8 Å². The summed E-state index contributed by atoms with van der Waals surface area (Å²) in [5.74, 6) is 0.134. The Hall–Kier alpha value is -1.32. The van der Waals surface area contributed by atoms with Gasteiger partial charge in [0.2, 0.25) is 0 Å². The van der Waals surface area contributed by atoms with Gasteiger partial charge >= 0.3 is 0 Å². The molecule has 0 spiro atoms.